The van der Waals surface area contributed by atoms with E-state index in [2.05, 4.69) is 58.2 Å². The van der Waals surface area contributed by atoms with Crippen molar-refractivity contribution in [3.8, 4) is 0 Å². The number of aliphatic hydroxyl groups excluding tert-OH is 1. The Bertz CT molecular complexity index is 384. The first-order valence-electron chi connectivity index (χ1n) is 6.37. The summed E-state index contributed by atoms with van der Waals surface area (Å²) in [7, 11) is 2.00. The quantitative estimate of drug-likeness (QED) is 0.847. The van der Waals surface area contributed by atoms with Gasteiger partial charge in [0.2, 0.25) is 0 Å². The molecule has 4 heteroatoms. The zero-order valence-corrected chi connectivity index (χ0v) is 13.2. The SMILES string of the molecule is CCNC(C)c1ccc(N(C)C(C)CO)cc1Br. The molecule has 0 saturated carbocycles. The maximum atomic E-state index is 9.19. The van der Waals surface area contributed by atoms with Crippen molar-refractivity contribution in [2.75, 3.05) is 25.1 Å². The highest BCUT2D eigenvalue weighted by molar-refractivity contribution is 9.10. The second-order valence-corrected chi connectivity index (χ2v) is 5.48. The fraction of sp³-hybridized carbons (Fsp3) is 0.571. The molecule has 0 radical (unpaired) electrons. The van der Waals surface area contributed by atoms with E-state index in [0.29, 0.717) is 6.04 Å². The van der Waals surface area contributed by atoms with Gasteiger partial charge in [-0.3, -0.25) is 0 Å². The number of halogens is 1. The van der Waals surface area contributed by atoms with Gasteiger partial charge in [0.05, 0.1) is 6.61 Å². The Morgan fingerprint density at radius 2 is 2.06 bits per heavy atom. The summed E-state index contributed by atoms with van der Waals surface area (Å²) in [5, 5.41) is 12.6. The van der Waals surface area contributed by atoms with E-state index in [1.165, 1.54) is 5.56 Å². The third kappa shape index (κ3) is 3.70. The standard InChI is InChI=1S/C14H23BrN2O/c1-5-16-11(3)13-7-6-12(8-14(13)15)17(4)10(2)9-18/h6-8,10-11,16,18H,5,9H2,1-4H3. The Hall–Kier alpha value is -0.580. The molecule has 0 aliphatic heterocycles. The summed E-state index contributed by atoms with van der Waals surface area (Å²) in [5.74, 6) is 0. The summed E-state index contributed by atoms with van der Waals surface area (Å²) in [6.45, 7) is 7.38. The number of nitrogens with zero attached hydrogens (tertiary/aromatic N) is 1. The lowest BCUT2D eigenvalue weighted by Gasteiger charge is -2.26. The molecule has 1 aromatic rings. The highest BCUT2D eigenvalue weighted by atomic mass is 79.9. The number of hydrogen-bond donors (Lipinski definition) is 2. The van der Waals surface area contributed by atoms with Gasteiger partial charge in [-0.1, -0.05) is 28.9 Å². The van der Waals surface area contributed by atoms with E-state index in [1.54, 1.807) is 0 Å². The van der Waals surface area contributed by atoms with Crippen LogP contribution >= 0.6 is 15.9 Å². The molecule has 0 saturated heterocycles. The Labute approximate surface area is 118 Å². The molecule has 0 fully saturated rings. The van der Waals surface area contributed by atoms with Gasteiger partial charge in [-0.05, 0) is 38.1 Å². The van der Waals surface area contributed by atoms with Gasteiger partial charge in [-0.2, -0.15) is 0 Å². The average molecular weight is 315 g/mol. The summed E-state index contributed by atoms with van der Waals surface area (Å²) >= 11 is 3.63. The fourth-order valence-corrected chi connectivity index (χ4v) is 2.59. The van der Waals surface area contributed by atoms with E-state index in [0.717, 1.165) is 16.7 Å². The van der Waals surface area contributed by atoms with Crippen molar-refractivity contribution in [2.24, 2.45) is 0 Å². The number of anilines is 1. The lowest BCUT2D eigenvalue weighted by Crippen LogP contribution is -2.31. The zero-order chi connectivity index (χ0) is 13.7. The third-order valence-electron chi connectivity index (χ3n) is 3.29. The Morgan fingerprint density at radius 1 is 1.39 bits per heavy atom. The van der Waals surface area contributed by atoms with Crippen molar-refractivity contribution in [1.29, 1.82) is 0 Å². The molecule has 0 amide bonds. The lowest BCUT2D eigenvalue weighted by atomic mass is 10.1. The minimum Gasteiger partial charge on any atom is -0.394 e. The topological polar surface area (TPSA) is 35.5 Å². The second-order valence-electron chi connectivity index (χ2n) is 4.63. The first-order valence-corrected chi connectivity index (χ1v) is 7.17. The van der Waals surface area contributed by atoms with Gasteiger partial charge in [0.25, 0.3) is 0 Å². The Morgan fingerprint density at radius 3 is 2.56 bits per heavy atom. The van der Waals surface area contributed by atoms with Crippen LogP contribution in [0.15, 0.2) is 22.7 Å². The molecule has 3 nitrogen and oxygen atoms in total. The first kappa shape index (κ1) is 15.5. The summed E-state index contributed by atoms with van der Waals surface area (Å²) in [5.41, 5.74) is 2.36. The van der Waals surface area contributed by atoms with E-state index in [4.69, 9.17) is 0 Å². The summed E-state index contributed by atoms with van der Waals surface area (Å²) < 4.78 is 1.10. The number of benzene rings is 1. The van der Waals surface area contributed by atoms with E-state index < -0.39 is 0 Å². The predicted octanol–water partition coefficient (Wildman–Crippen LogP) is 2.94. The van der Waals surface area contributed by atoms with Gasteiger partial charge < -0.3 is 15.3 Å². The fourth-order valence-electron chi connectivity index (χ4n) is 1.88. The maximum absolute atomic E-state index is 9.19. The molecule has 102 valence electrons. The van der Waals surface area contributed by atoms with E-state index in [9.17, 15) is 5.11 Å². The molecule has 0 heterocycles. The van der Waals surface area contributed by atoms with Gasteiger partial charge in [-0.25, -0.2) is 0 Å². The van der Waals surface area contributed by atoms with E-state index in [1.807, 2.05) is 14.0 Å². The van der Waals surface area contributed by atoms with Crippen LogP contribution in [0.4, 0.5) is 5.69 Å². The summed E-state index contributed by atoms with van der Waals surface area (Å²) in [4.78, 5) is 2.08. The smallest absolute Gasteiger partial charge is 0.0632 e. The number of hydrogen-bond acceptors (Lipinski definition) is 3. The van der Waals surface area contributed by atoms with E-state index >= 15 is 0 Å². The molecule has 0 aliphatic carbocycles. The molecule has 1 aromatic carbocycles. The van der Waals surface area contributed by atoms with Gasteiger partial charge in [0.15, 0.2) is 0 Å². The van der Waals surface area contributed by atoms with Crippen LogP contribution in [0.1, 0.15) is 32.4 Å². The van der Waals surface area contributed by atoms with Crippen LogP contribution in [0.5, 0.6) is 0 Å². The molecular formula is C14H23BrN2O. The molecule has 0 aromatic heterocycles. The minimum atomic E-state index is 0.119. The van der Waals surface area contributed by atoms with Crippen LogP contribution in [0.25, 0.3) is 0 Å². The molecule has 0 spiro atoms. The number of likely N-dealkylation sites (N-methyl/N-ethyl adjacent to an activating group) is 1. The summed E-state index contributed by atoms with van der Waals surface area (Å²) in [6.07, 6.45) is 0. The second kappa shape index (κ2) is 7.12. The van der Waals surface area contributed by atoms with Crippen LogP contribution in [0.2, 0.25) is 0 Å². The molecular weight excluding hydrogens is 292 g/mol. The van der Waals surface area contributed by atoms with Crippen LogP contribution in [0, 0.1) is 0 Å². The zero-order valence-electron chi connectivity index (χ0n) is 11.6. The van der Waals surface area contributed by atoms with Crippen LogP contribution < -0.4 is 10.2 Å². The predicted molar refractivity (Wildman–Crippen MR) is 81.2 cm³/mol. The number of aliphatic hydroxyl groups is 1. The van der Waals surface area contributed by atoms with Gasteiger partial charge in [-0.15, -0.1) is 0 Å². The van der Waals surface area contributed by atoms with Gasteiger partial charge in [0, 0.05) is 29.3 Å². The van der Waals surface area contributed by atoms with Crippen molar-refractivity contribution >= 4 is 21.6 Å². The van der Waals surface area contributed by atoms with Crippen molar-refractivity contribution < 1.29 is 5.11 Å². The van der Waals surface area contributed by atoms with Crippen LogP contribution in [-0.2, 0) is 0 Å². The Balaban J connectivity index is 2.91. The first-order chi connectivity index (χ1) is 8.51. The van der Waals surface area contributed by atoms with Crippen molar-refractivity contribution in [3.63, 3.8) is 0 Å². The van der Waals surface area contributed by atoms with Crippen molar-refractivity contribution in [1.82, 2.24) is 5.32 Å². The van der Waals surface area contributed by atoms with Crippen LogP contribution in [-0.4, -0.2) is 31.3 Å². The number of rotatable bonds is 6. The molecule has 1 rings (SSSR count). The number of nitrogens with one attached hydrogen (secondary N) is 1. The average Bonchev–Trinajstić information content (AvgIpc) is 2.36. The molecule has 2 atom stereocenters. The summed E-state index contributed by atoms with van der Waals surface area (Å²) in [6, 6.07) is 6.79. The normalized spacial score (nSPS) is 14.3. The van der Waals surface area contributed by atoms with Crippen molar-refractivity contribution in [3.05, 3.63) is 28.2 Å². The molecule has 0 bridgehead atoms. The lowest BCUT2D eigenvalue weighted by molar-refractivity contribution is 0.270. The molecule has 0 aliphatic rings. The van der Waals surface area contributed by atoms with Gasteiger partial charge in [0.1, 0.15) is 0 Å². The highest BCUT2D eigenvalue weighted by Gasteiger charge is 2.12. The molecule has 2 N–H and O–H groups in total. The molecule has 18 heavy (non-hydrogen) atoms. The van der Waals surface area contributed by atoms with E-state index in [-0.39, 0.29) is 12.6 Å². The van der Waals surface area contributed by atoms with Crippen molar-refractivity contribution in [2.45, 2.75) is 32.9 Å². The van der Waals surface area contributed by atoms with Gasteiger partial charge >= 0.3 is 0 Å². The van der Waals surface area contributed by atoms with Crippen LogP contribution in [0.3, 0.4) is 0 Å². The Kier molecular flexibility index (Phi) is 6.12. The largest absolute Gasteiger partial charge is 0.394 e. The maximum Gasteiger partial charge on any atom is 0.0632 e. The third-order valence-corrected chi connectivity index (χ3v) is 3.98. The molecule has 2 unspecified atom stereocenters. The highest BCUT2D eigenvalue weighted by Crippen LogP contribution is 2.28. The minimum absolute atomic E-state index is 0.119. The monoisotopic (exact) mass is 314 g/mol.